The minimum Gasteiger partial charge on any atom is -0.508 e. The predicted octanol–water partition coefficient (Wildman–Crippen LogP) is 5.51. The molecule has 0 bridgehead atoms. The molecule has 0 aliphatic carbocycles. The number of halogens is 2. The van der Waals surface area contributed by atoms with Gasteiger partial charge in [-0.1, -0.05) is 13.0 Å². The number of benzene rings is 2. The Kier molecular flexibility index (Phi) is 6.58. The third-order valence-corrected chi connectivity index (χ3v) is 10.6. The van der Waals surface area contributed by atoms with Gasteiger partial charge in [-0.05, 0) is 99.5 Å². The van der Waals surface area contributed by atoms with Gasteiger partial charge in [0.2, 0.25) is 5.88 Å². The summed E-state index contributed by atoms with van der Waals surface area (Å²) >= 11 is 0. The van der Waals surface area contributed by atoms with Crippen LogP contribution in [0.4, 0.5) is 14.6 Å². The number of hydrogen-bond acceptors (Lipinski definition) is 9. The molecule has 8 rings (SSSR count). The van der Waals surface area contributed by atoms with E-state index < -0.39 is 23.3 Å². The highest BCUT2D eigenvalue weighted by Crippen LogP contribution is 2.46. The Labute approximate surface area is 259 Å². The van der Waals surface area contributed by atoms with Gasteiger partial charge < -0.3 is 24.6 Å². The van der Waals surface area contributed by atoms with E-state index in [0.29, 0.717) is 60.0 Å². The van der Waals surface area contributed by atoms with Gasteiger partial charge in [0.25, 0.3) is 0 Å². The molecule has 1 unspecified atom stereocenters. The van der Waals surface area contributed by atoms with Crippen molar-refractivity contribution < 1.29 is 28.5 Å². The second kappa shape index (κ2) is 10.3. The van der Waals surface area contributed by atoms with Crippen molar-refractivity contribution >= 4 is 27.5 Å². The molecule has 2 aromatic carbocycles. The standard InChI is InChI=1S/C34H37F2N5O4/c1-3-21-23(35)8-7-19-15-20(42)16-22(25(19)21)28-27(36)29-26-30(41-14-4-9-33(2,43)24(41)17-44-31(26)37-28)39-32(38-29)45-18-34-10-5-12-40(34)13-6-11-34/h7-8,15-16,24,42-43H,3-6,9-14,17-18H2,1-2H3/t24?,33-/m0/s1. The van der Waals surface area contributed by atoms with Crippen LogP contribution in [-0.2, 0) is 6.42 Å². The quantitative estimate of drug-likeness (QED) is 0.300. The molecule has 3 saturated heterocycles. The lowest BCUT2D eigenvalue weighted by Crippen LogP contribution is -2.58. The predicted molar refractivity (Wildman–Crippen MR) is 166 cm³/mol. The maximum atomic E-state index is 17.0. The fourth-order valence-corrected chi connectivity index (χ4v) is 8.30. The van der Waals surface area contributed by atoms with Crippen molar-refractivity contribution in [1.29, 1.82) is 0 Å². The molecule has 236 valence electrons. The number of pyridine rings is 1. The number of hydrogen-bond donors (Lipinski definition) is 2. The molecule has 3 fully saturated rings. The highest BCUT2D eigenvalue weighted by molar-refractivity contribution is 6.03. The number of anilines is 1. The second-order valence-corrected chi connectivity index (χ2v) is 13.3. The molecule has 45 heavy (non-hydrogen) atoms. The minimum atomic E-state index is -1.08. The van der Waals surface area contributed by atoms with Crippen molar-refractivity contribution in [1.82, 2.24) is 19.9 Å². The molecule has 2 aromatic heterocycles. The second-order valence-electron chi connectivity index (χ2n) is 13.3. The van der Waals surface area contributed by atoms with Crippen molar-refractivity contribution in [2.75, 3.05) is 37.7 Å². The highest BCUT2D eigenvalue weighted by Gasteiger charge is 2.46. The summed E-state index contributed by atoms with van der Waals surface area (Å²) in [7, 11) is 0. The van der Waals surface area contributed by atoms with Gasteiger partial charge in [-0.3, -0.25) is 4.90 Å². The third kappa shape index (κ3) is 4.41. The maximum absolute atomic E-state index is 17.0. The van der Waals surface area contributed by atoms with E-state index in [0.717, 1.165) is 38.8 Å². The van der Waals surface area contributed by atoms with Crippen LogP contribution in [0.15, 0.2) is 24.3 Å². The van der Waals surface area contributed by atoms with Crippen molar-refractivity contribution in [2.45, 2.75) is 76.0 Å². The summed E-state index contributed by atoms with van der Waals surface area (Å²) in [6, 6.07) is 5.45. The molecule has 9 nitrogen and oxygen atoms in total. The van der Waals surface area contributed by atoms with Gasteiger partial charge in [-0.15, -0.1) is 0 Å². The molecule has 11 heteroatoms. The summed E-state index contributed by atoms with van der Waals surface area (Å²) in [6.45, 7) is 6.79. The van der Waals surface area contributed by atoms with Crippen LogP contribution in [-0.4, -0.2) is 80.1 Å². The lowest BCUT2D eigenvalue weighted by atomic mass is 9.86. The number of nitrogens with zero attached hydrogens (tertiary/aromatic N) is 5. The Hall–Kier alpha value is -3.83. The van der Waals surface area contributed by atoms with Gasteiger partial charge in [-0.25, -0.2) is 13.8 Å². The zero-order valence-corrected chi connectivity index (χ0v) is 25.6. The Balaban J connectivity index is 1.35. The fraction of sp³-hybridized carbons (Fsp3) is 0.500. The molecule has 4 aliphatic heterocycles. The first-order valence-electron chi connectivity index (χ1n) is 16.0. The smallest absolute Gasteiger partial charge is 0.319 e. The topological polar surface area (TPSA) is 104 Å². The number of aryl methyl sites for hydroxylation is 1. The molecule has 4 aromatic rings. The molecular weight excluding hydrogens is 580 g/mol. The molecule has 0 spiro atoms. The monoisotopic (exact) mass is 617 g/mol. The zero-order chi connectivity index (χ0) is 31.1. The van der Waals surface area contributed by atoms with Gasteiger partial charge in [0.15, 0.2) is 5.82 Å². The number of phenolic OH excluding ortho intramolecular Hbond substituents is 1. The number of phenols is 1. The van der Waals surface area contributed by atoms with Gasteiger partial charge in [0.05, 0.1) is 17.2 Å². The lowest BCUT2D eigenvalue weighted by molar-refractivity contribution is -0.00713. The van der Waals surface area contributed by atoms with Gasteiger partial charge in [0, 0.05) is 12.1 Å². The number of piperidine rings is 1. The minimum absolute atomic E-state index is 0.0287. The van der Waals surface area contributed by atoms with E-state index in [-0.39, 0.29) is 46.6 Å². The Bertz CT molecular complexity index is 1840. The Morgan fingerprint density at radius 1 is 1.02 bits per heavy atom. The Morgan fingerprint density at radius 3 is 2.58 bits per heavy atom. The average Bonchev–Trinajstić information content (AvgIpc) is 3.55. The lowest BCUT2D eigenvalue weighted by Gasteiger charge is -2.44. The largest absolute Gasteiger partial charge is 0.508 e. The van der Waals surface area contributed by atoms with Crippen LogP contribution in [0.2, 0.25) is 0 Å². The molecule has 0 amide bonds. The SMILES string of the molecule is CCc1c(F)ccc2cc(O)cc(-c3nc4c5c(nc(OCC67CCCN6CCC7)nc5c3F)N3CCC[C@](C)(O)C3CO4)c12. The van der Waals surface area contributed by atoms with E-state index >= 15 is 8.78 Å². The summed E-state index contributed by atoms with van der Waals surface area (Å²) in [5.74, 6) is -0.724. The highest BCUT2D eigenvalue weighted by atomic mass is 19.1. The summed E-state index contributed by atoms with van der Waals surface area (Å²) in [5.41, 5.74) is -0.656. The van der Waals surface area contributed by atoms with E-state index in [1.165, 1.54) is 18.2 Å². The van der Waals surface area contributed by atoms with Crippen molar-refractivity contribution in [3.63, 3.8) is 0 Å². The van der Waals surface area contributed by atoms with Crippen LogP contribution in [0.1, 0.15) is 57.9 Å². The first kappa shape index (κ1) is 28.6. The van der Waals surface area contributed by atoms with Crippen molar-refractivity contribution in [3.05, 3.63) is 41.5 Å². The van der Waals surface area contributed by atoms with E-state index in [9.17, 15) is 10.2 Å². The normalized spacial score (nSPS) is 24.0. The molecule has 0 saturated carbocycles. The summed E-state index contributed by atoms with van der Waals surface area (Å²) < 4.78 is 44.7. The van der Waals surface area contributed by atoms with E-state index in [1.54, 1.807) is 13.0 Å². The van der Waals surface area contributed by atoms with Crippen LogP contribution in [0.5, 0.6) is 17.6 Å². The number of aromatic nitrogens is 3. The number of aliphatic hydroxyl groups is 1. The molecule has 4 aliphatic rings. The molecule has 6 heterocycles. The Morgan fingerprint density at radius 2 is 1.80 bits per heavy atom. The van der Waals surface area contributed by atoms with Gasteiger partial charge >= 0.3 is 6.01 Å². The molecule has 2 N–H and O–H groups in total. The van der Waals surface area contributed by atoms with E-state index in [2.05, 4.69) is 14.9 Å². The maximum Gasteiger partial charge on any atom is 0.319 e. The zero-order valence-electron chi connectivity index (χ0n) is 25.6. The molecule has 2 atom stereocenters. The van der Waals surface area contributed by atoms with Crippen LogP contribution in [0.25, 0.3) is 32.9 Å². The third-order valence-electron chi connectivity index (χ3n) is 10.6. The summed E-state index contributed by atoms with van der Waals surface area (Å²) in [4.78, 5) is 18.6. The summed E-state index contributed by atoms with van der Waals surface area (Å²) in [6.07, 6.45) is 5.94. The van der Waals surface area contributed by atoms with Gasteiger partial charge in [0.1, 0.15) is 47.2 Å². The number of fused-ring (bicyclic) bond motifs is 4. The van der Waals surface area contributed by atoms with Crippen molar-refractivity contribution in [3.8, 4) is 28.9 Å². The van der Waals surface area contributed by atoms with Crippen LogP contribution < -0.4 is 14.4 Å². The molecule has 0 radical (unpaired) electrons. The van der Waals surface area contributed by atoms with Crippen molar-refractivity contribution in [2.24, 2.45) is 0 Å². The first-order chi connectivity index (χ1) is 21.7. The van der Waals surface area contributed by atoms with E-state index in [4.69, 9.17) is 14.5 Å². The average molecular weight is 618 g/mol. The number of aromatic hydroxyl groups is 1. The number of rotatable bonds is 5. The van der Waals surface area contributed by atoms with E-state index in [1.807, 2.05) is 11.8 Å². The van der Waals surface area contributed by atoms with Gasteiger partial charge in [-0.2, -0.15) is 9.97 Å². The van der Waals surface area contributed by atoms with Crippen LogP contribution in [0, 0.1) is 11.6 Å². The number of ether oxygens (including phenoxy) is 2. The van der Waals surface area contributed by atoms with Crippen LogP contribution in [0.3, 0.4) is 0 Å². The summed E-state index contributed by atoms with van der Waals surface area (Å²) in [5, 5.41) is 23.4. The van der Waals surface area contributed by atoms with Crippen LogP contribution >= 0.6 is 0 Å². The first-order valence-corrected chi connectivity index (χ1v) is 16.0. The fourth-order valence-electron chi connectivity index (χ4n) is 8.30. The molecular formula is C34H37F2N5O4.